The zero-order chi connectivity index (χ0) is 12.9. The molecule has 0 aliphatic carbocycles. The molecule has 1 rings (SSSR count). The molecule has 0 radical (unpaired) electrons. The number of nitriles is 1. The molecule has 92 valence electrons. The fourth-order valence-electron chi connectivity index (χ4n) is 1.80. The fourth-order valence-corrected chi connectivity index (χ4v) is 1.80. The molecule has 0 saturated carbocycles. The Morgan fingerprint density at radius 2 is 1.94 bits per heavy atom. The van der Waals surface area contributed by atoms with Crippen molar-refractivity contribution in [1.29, 1.82) is 5.26 Å². The Labute approximate surface area is 103 Å². The van der Waals surface area contributed by atoms with Crippen LogP contribution in [0.2, 0.25) is 0 Å². The summed E-state index contributed by atoms with van der Waals surface area (Å²) in [6.07, 6.45) is 0.920. The SMILES string of the molecule is COC(C)(C)CC(C)Nc1ccc(C#N)cc1. The van der Waals surface area contributed by atoms with Gasteiger partial charge in [0, 0.05) is 18.8 Å². The van der Waals surface area contributed by atoms with Gasteiger partial charge in [0.1, 0.15) is 0 Å². The lowest BCUT2D eigenvalue weighted by Gasteiger charge is -2.27. The lowest BCUT2D eigenvalue weighted by Crippen LogP contribution is -2.31. The highest BCUT2D eigenvalue weighted by atomic mass is 16.5. The summed E-state index contributed by atoms with van der Waals surface area (Å²) in [5.74, 6) is 0. The van der Waals surface area contributed by atoms with Crippen LogP contribution in [0, 0.1) is 11.3 Å². The van der Waals surface area contributed by atoms with E-state index >= 15 is 0 Å². The van der Waals surface area contributed by atoms with Gasteiger partial charge in [-0.3, -0.25) is 0 Å². The van der Waals surface area contributed by atoms with Crippen molar-refractivity contribution in [2.45, 2.75) is 38.8 Å². The Bertz CT molecular complexity index is 390. The largest absolute Gasteiger partial charge is 0.382 e. The fraction of sp³-hybridized carbons (Fsp3) is 0.500. The summed E-state index contributed by atoms with van der Waals surface area (Å²) in [5, 5.41) is 12.1. The first-order valence-electron chi connectivity index (χ1n) is 5.79. The molecule has 1 aromatic rings. The number of nitrogens with one attached hydrogen (secondary N) is 1. The van der Waals surface area contributed by atoms with E-state index < -0.39 is 0 Å². The van der Waals surface area contributed by atoms with Crippen LogP contribution in [0.4, 0.5) is 5.69 Å². The van der Waals surface area contributed by atoms with Crippen LogP contribution < -0.4 is 5.32 Å². The summed E-state index contributed by atoms with van der Waals surface area (Å²) < 4.78 is 5.40. The van der Waals surface area contributed by atoms with Gasteiger partial charge in [-0.05, 0) is 51.5 Å². The van der Waals surface area contributed by atoms with Crippen molar-refractivity contribution >= 4 is 5.69 Å². The second-order valence-corrected chi connectivity index (χ2v) is 4.90. The molecule has 0 amide bonds. The molecule has 0 spiro atoms. The average molecular weight is 232 g/mol. The monoisotopic (exact) mass is 232 g/mol. The van der Waals surface area contributed by atoms with Crippen LogP contribution in [0.25, 0.3) is 0 Å². The van der Waals surface area contributed by atoms with E-state index in [-0.39, 0.29) is 5.60 Å². The number of anilines is 1. The summed E-state index contributed by atoms with van der Waals surface area (Å²) in [4.78, 5) is 0. The molecule has 0 bridgehead atoms. The maximum Gasteiger partial charge on any atom is 0.0991 e. The lowest BCUT2D eigenvalue weighted by molar-refractivity contribution is 0.0128. The highest BCUT2D eigenvalue weighted by Crippen LogP contribution is 2.18. The highest BCUT2D eigenvalue weighted by molar-refractivity contribution is 5.47. The van der Waals surface area contributed by atoms with Crippen molar-refractivity contribution in [2.75, 3.05) is 12.4 Å². The van der Waals surface area contributed by atoms with Crippen LogP contribution in [0.1, 0.15) is 32.8 Å². The van der Waals surface area contributed by atoms with Crippen LogP contribution in [-0.2, 0) is 4.74 Å². The van der Waals surface area contributed by atoms with E-state index in [1.54, 1.807) is 7.11 Å². The van der Waals surface area contributed by atoms with E-state index in [0.717, 1.165) is 12.1 Å². The van der Waals surface area contributed by atoms with E-state index in [2.05, 4.69) is 32.2 Å². The maximum atomic E-state index is 8.71. The van der Waals surface area contributed by atoms with Gasteiger partial charge in [0.15, 0.2) is 0 Å². The standard InChI is InChI=1S/C14H20N2O/c1-11(9-14(2,3)17-4)16-13-7-5-12(10-15)6-8-13/h5-8,11,16H,9H2,1-4H3. The quantitative estimate of drug-likeness (QED) is 0.848. The van der Waals surface area contributed by atoms with Gasteiger partial charge in [0.25, 0.3) is 0 Å². The normalized spacial score (nSPS) is 12.9. The third kappa shape index (κ3) is 4.46. The minimum Gasteiger partial charge on any atom is -0.382 e. The summed E-state index contributed by atoms with van der Waals surface area (Å²) in [6.45, 7) is 6.27. The predicted molar refractivity (Wildman–Crippen MR) is 69.9 cm³/mol. The zero-order valence-corrected chi connectivity index (χ0v) is 10.9. The van der Waals surface area contributed by atoms with Gasteiger partial charge in [-0.25, -0.2) is 0 Å². The smallest absolute Gasteiger partial charge is 0.0991 e. The topological polar surface area (TPSA) is 45.0 Å². The lowest BCUT2D eigenvalue weighted by atomic mass is 9.99. The Morgan fingerprint density at radius 1 is 1.35 bits per heavy atom. The van der Waals surface area contributed by atoms with Crippen molar-refractivity contribution in [3.8, 4) is 6.07 Å². The Kier molecular flexibility index (Phi) is 4.53. The van der Waals surface area contributed by atoms with E-state index in [4.69, 9.17) is 10.00 Å². The minimum absolute atomic E-state index is 0.126. The Hall–Kier alpha value is -1.53. The number of hydrogen-bond acceptors (Lipinski definition) is 3. The number of benzene rings is 1. The first-order valence-corrected chi connectivity index (χ1v) is 5.79. The highest BCUT2D eigenvalue weighted by Gasteiger charge is 2.19. The summed E-state index contributed by atoms with van der Waals surface area (Å²) in [7, 11) is 1.73. The van der Waals surface area contributed by atoms with Gasteiger partial charge in [-0.15, -0.1) is 0 Å². The van der Waals surface area contributed by atoms with E-state index in [9.17, 15) is 0 Å². The second-order valence-electron chi connectivity index (χ2n) is 4.90. The number of ether oxygens (including phenoxy) is 1. The summed E-state index contributed by atoms with van der Waals surface area (Å²) in [5.41, 5.74) is 1.59. The molecule has 0 aliphatic heterocycles. The van der Waals surface area contributed by atoms with Crippen molar-refractivity contribution in [3.63, 3.8) is 0 Å². The van der Waals surface area contributed by atoms with Crippen LogP contribution in [0.5, 0.6) is 0 Å². The van der Waals surface area contributed by atoms with Crippen LogP contribution >= 0.6 is 0 Å². The molecule has 17 heavy (non-hydrogen) atoms. The van der Waals surface area contributed by atoms with Crippen molar-refractivity contribution in [3.05, 3.63) is 29.8 Å². The minimum atomic E-state index is -0.126. The first kappa shape index (κ1) is 13.5. The molecule has 1 atom stereocenters. The summed E-state index contributed by atoms with van der Waals surface area (Å²) >= 11 is 0. The molecule has 0 heterocycles. The molecule has 1 N–H and O–H groups in total. The third-order valence-electron chi connectivity index (χ3n) is 2.78. The van der Waals surface area contributed by atoms with Gasteiger partial charge in [0.05, 0.1) is 17.2 Å². The maximum absolute atomic E-state index is 8.71. The molecule has 1 unspecified atom stereocenters. The van der Waals surface area contributed by atoms with Gasteiger partial charge in [-0.1, -0.05) is 0 Å². The zero-order valence-electron chi connectivity index (χ0n) is 10.9. The third-order valence-corrected chi connectivity index (χ3v) is 2.78. The van der Waals surface area contributed by atoms with Crippen molar-refractivity contribution < 1.29 is 4.74 Å². The second kappa shape index (κ2) is 5.70. The molecule has 3 heteroatoms. The van der Waals surface area contributed by atoms with Gasteiger partial charge in [0.2, 0.25) is 0 Å². The summed E-state index contributed by atoms with van der Waals surface area (Å²) in [6, 6.07) is 9.91. The Balaban J connectivity index is 2.56. The first-order chi connectivity index (χ1) is 7.96. The van der Waals surface area contributed by atoms with Crippen LogP contribution in [0.3, 0.4) is 0 Å². The van der Waals surface area contributed by atoms with Crippen molar-refractivity contribution in [2.24, 2.45) is 0 Å². The van der Waals surface area contributed by atoms with Crippen LogP contribution in [0.15, 0.2) is 24.3 Å². The number of rotatable bonds is 5. The molecule has 0 fully saturated rings. The van der Waals surface area contributed by atoms with Gasteiger partial charge < -0.3 is 10.1 Å². The van der Waals surface area contributed by atoms with Crippen LogP contribution in [-0.4, -0.2) is 18.8 Å². The molecular weight excluding hydrogens is 212 g/mol. The van der Waals surface area contributed by atoms with Gasteiger partial charge in [-0.2, -0.15) is 5.26 Å². The molecule has 0 aromatic heterocycles. The number of hydrogen-bond donors (Lipinski definition) is 1. The van der Waals surface area contributed by atoms with Crippen molar-refractivity contribution in [1.82, 2.24) is 0 Å². The van der Waals surface area contributed by atoms with E-state index in [1.165, 1.54) is 0 Å². The molecule has 1 aromatic carbocycles. The molecule has 0 saturated heterocycles. The predicted octanol–water partition coefficient (Wildman–Crippen LogP) is 3.17. The molecule has 0 aliphatic rings. The average Bonchev–Trinajstić information content (AvgIpc) is 2.29. The van der Waals surface area contributed by atoms with E-state index in [1.807, 2.05) is 24.3 Å². The van der Waals surface area contributed by atoms with Gasteiger partial charge >= 0.3 is 0 Å². The van der Waals surface area contributed by atoms with E-state index in [0.29, 0.717) is 11.6 Å². The number of methoxy groups -OCH3 is 1. The molecule has 3 nitrogen and oxygen atoms in total. The Morgan fingerprint density at radius 3 is 2.41 bits per heavy atom. The number of nitrogens with zero attached hydrogens (tertiary/aromatic N) is 1. The molecular formula is C14H20N2O.